The highest BCUT2D eigenvalue weighted by Crippen LogP contribution is 2.77. The summed E-state index contributed by atoms with van der Waals surface area (Å²) in [6, 6.07) is 7.54. The Balaban J connectivity index is 1.32. The van der Waals surface area contributed by atoms with E-state index in [-0.39, 0.29) is 37.6 Å². The van der Waals surface area contributed by atoms with E-state index in [1.165, 1.54) is 31.3 Å². The number of hydrogen-bond donors (Lipinski definition) is 3. The summed E-state index contributed by atoms with van der Waals surface area (Å²) in [6.07, 6.45) is 12.8. The van der Waals surface area contributed by atoms with E-state index in [1.807, 2.05) is 12.1 Å². The SMILES string of the molecule is CC(C)C1CCC2(C(=O)NCC[N+](C)(C)O)CCC3(C)C(CCC4C5(C)CC=C(c6ccc(C(=O)O)cc6)C(C)(C)C5CCC43C)C12. The van der Waals surface area contributed by atoms with Crippen molar-refractivity contribution in [3.8, 4) is 0 Å². The Bertz CT molecular complexity index is 1420. The van der Waals surface area contributed by atoms with Crippen molar-refractivity contribution in [1.82, 2.24) is 5.32 Å². The molecule has 0 heterocycles. The van der Waals surface area contributed by atoms with Gasteiger partial charge in [-0.15, -0.1) is 0 Å². The lowest BCUT2D eigenvalue weighted by Gasteiger charge is -2.72. The fourth-order valence-electron chi connectivity index (χ4n) is 13.3. The van der Waals surface area contributed by atoms with Crippen LogP contribution in [-0.4, -0.2) is 54.0 Å². The number of quaternary nitrogens is 1. The van der Waals surface area contributed by atoms with Crippen LogP contribution in [-0.2, 0) is 4.79 Å². The number of rotatable bonds is 7. The zero-order valence-corrected chi connectivity index (χ0v) is 30.8. The first-order valence-electron chi connectivity index (χ1n) is 18.7. The highest BCUT2D eigenvalue weighted by Gasteiger charge is 2.71. The van der Waals surface area contributed by atoms with Crippen molar-refractivity contribution in [3.63, 3.8) is 0 Å². The maximum Gasteiger partial charge on any atom is 0.335 e. The average Bonchev–Trinajstić information content (AvgIpc) is 3.38. The number of hydrogen-bond acceptors (Lipinski definition) is 3. The van der Waals surface area contributed by atoms with Gasteiger partial charge in [0.2, 0.25) is 5.91 Å². The van der Waals surface area contributed by atoms with Gasteiger partial charge in [-0.3, -0.25) is 4.79 Å². The van der Waals surface area contributed by atoms with Gasteiger partial charge in [-0.2, -0.15) is 4.65 Å². The second-order valence-electron chi connectivity index (χ2n) is 18.8. The molecule has 1 aromatic carbocycles. The average molecular weight is 648 g/mol. The normalized spacial score (nSPS) is 40.8. The number of allylic oxidation sites excluding steroid dienone is 2. The molecule has 260 valence electrons. The highest BCUT2D eigenvalue weighted by atomic mass is 16.5. The molecule has 1 amide bonds. The molecule has 9 atom stereocenters. The minimum Gasteiger partial charge on any atom is -0.478 e. The molecule has 4 fully saturated rings. The first-order valence-corrected chi connectivity index (χ1v) is 18.7. The molecule has 0 aromatic heterocycles. The lowest BCUT2D eigenvalue weighted by Crippen LogP contribution is -2.66. The van der Waals surface area contributed by atoms with Crippen LogP contribution in [0.5, 0.6) is 0 Å². The van der Waals surface area contributed by atoms with Crippen LogP contribution in [0.1, 0.15) is 122 Å². The number of aromatic carboxylic acids is 1. The van der Waals surface area contributed by atoms with E-state index in [2.05, 4.69) is 59.9 Å². The Kier molecular flexibility index (Phi) is 8.44. The first kappa shape index (κ1) is 34.7. The van der Waals surface area contributed by atoms with Gasteiger partial charge < -0.3 is 10.4 Å². The predicted octanol–water partition coefficient (Wildman–Crippen LogP) is 8.70. The molecule has 0 bridgehead atoms. The number of fused-ring (bicyclic) bond motifs is 7. The zero-order chi connectivity index (χ0) is 34.4. The molecule has 6 rings (SSSR count). The monoisotopic (exact) mass is 647 g/mol. The molecule has 0 radical (unpaired) electrons. The summed E-state index contributed by atoms with van der Waals surface area (Å²) < 4.78 is -0.129. The summed E-state index contributed by atoms with van der Waals surface area (Å²) in [4.78, 5) is 25.8. The van der Waals surface area contributed by atoms with Crippen molar-refractivity contribution in [3.05, 3.63) is 41.5 Å². The fraction of sp³-hybridized carbons (Fsp3) is 0.756. The third-order valence-electron chi connectivity index (χ3n) is 15.8. The summed E-state index contributed by atoms with van der Waals surface area (Å²) in [5.74, 6) is 2.69. The van der Waals surface area contributed by atoms with E-state index in [4.69, 9.17) is 0 Å². The number of likely N-dealkylation sites (N-methyl/N-ethyl adjacent to an activating group) is 1. The largest absolute Gasteiger partial charge is 0.478 e. The Morgan fingerprint density at radius 2 is 1.57 bits per heavy atom. The lowest BCUT2D eigenvalue weighted by molar-refractivity contribution is -1.07. The van der Waals surface area contributed by atoms with E-state index < -0.39 is 5.97 Å². The van der Waals surface area contributed by atoms with Crippen LogP contribution in [0.25, 0.3) is 5.57 Å². The van der Waals surface area contributed by atoms with Gasteiger partial charge in [-0.25, -0.2) is 10.0 Å². The molecule has 5 aliphatic rings. The van der Waals surface area contributed by atoms with Crippen LogP contribution in [0.15, 0.2) is 30.3 Å². The van der Waals surface area contributed by atoms with Gasteiger partial charge in [0.05, 0.1) is 31.6 Å². The molecule has 6 nitrogen and oxygen atoms in total. The van der Waals surface area contributed by atoms with Gasteiger partial charge in [0.15, 0.2) is 0 Å². The van der Waals surface area contributed by atoms with Gasteiger partial charge in [0.25, 0.3) is 0 Å². The second-order valence-corrected chi connectivity index (χ2v) is 18.8. The minimum atomic E-state index is -0.875. The van der Waals surface area contributed by atoms with Crippen LogP contribution in [0, 0.1) is 62.6 Å². The third kappa shape index (κ3) is 5.16. The predicted molar refractivity (Wildman–Crippen MR) is 188 cm³/mol. The van der Waals surface area contributed by atoms with Crippen LogP contribution in [0.2, 0.25) is 0 Å². The van der Waals surface area contributed by atoms with Crippen molar-refractivity contribution >= 4 is 17.4 Å². The molecule has 0 aliphatic heterocycles. The molecule has 1 aromatic rings. The van der Waals surface area contributed by atoms with Crippen molar-refractivity contribution in [2.75, 3.05) is 27.2 Å². The molecular weight excluding hydrogens is 584 g/mol. The summed E-state index contributed by atoms with van der Waals surface area (Å²) in [5, 5.41) is 23.1. The van der Waals surface area contributed by atoms with Gasteiger partial charge in [-0.1, -0.05) is 66.7 Å². The number of carboxylic acids is 1. The van der Waals surface area contributed by atoms with Gasteiger partial charge in [0.1, 0.15) is 6.54 Å². The van der Waals surface area contributed by atoms with E-state index in [0.717, 1.165) is 37.7 Å². The number of nitrogens with zero attached hydrogens (tertiary/aromatic N) is 1. The van der Waals surface area contributed by atoms with Crippen LogP contribution in [0.3, 0.4) is 0 Å². The van der Waals surface area contributed by atoms with E-state index in [0.29, 0.717) is 54.2 Å². The maximum absolute atomic E-state index is 14.3. The van der Waals surface area contributed by atoms with Gasteiger partial charge >= 0.3 is 5.97 Å². The smallest absolute Gasteiger partial charge is 0.335 e. The first-order chi connectivity index (χ1) is 21.8. The molecule has 6 heteroatoms. The molecule has 47 heavy (non-hydrogen) atoms. The standard InChI is InChI=1S/C41H62N2O4/c1-26(2)29-16-21-41(36(46)42-24-25-43(8,9)47)23-22-39(6)31(34(29)41)14-15-33-38(5)19-17-30(27-10-12-28(13-11-27)35(44)45)37(3,4)32(38)18-20-40(33,39)7/h10-13,17,26,29,31-34,47H,14-16,18-25H2,1-9H3,(H-,42,44,45,46)/p+1. The molecule has 3 N–H and O–H groups in total. The maximum atomic E-state index is 14.3. The molecule has 4 saturated carbocycles. The number of hydroxylamine groups is 3. The summed E-state index contributed by atoms with van der Waals surface area (Å²) >= 11 is 0. The number of carbonyl (C=O) groups is 2. The van der Waals surface area contributed by atoms with Gasteiger partial charge in [-0.05, 0) is 138 Å². The molecule has 9 unspecified atom stereocenters. The summed E-state index contributed by atoms with van der Waals surface area (Å²) in [6.45, 7) is 18.6. The number of amides is 1. The zero-order valence-electron chi connectivity index (χ0n) is 30.8. The van der Waals surface area contributed by atoms with Crippen LogP contribution >= 0.6 is 0 Å². The summed E-state index contributed by atoms with van der Waals surface area (Å²) in [5.41, 5.74) is 3.21. The number of carboxylic acid groups (broad SMARTS) is 1. The topological polar surface area (TPSA) is 86.6 Å². The minimum absolute atomic E-state index is 0.00727. The lowest BCUT2D eigenvalue weighted by atomic mass is 9.32. The Morgan fingerprint density at radius 3 is 2.19 bits per heavy atom. The number of benzene rings is 1. The molecule has 0 spiro atoms. The highest BCUT2D eigenvalue weighted by molar-refractivity contribution is 5.88. The van der Waals surface area contributed by atoms with Crippen LogP contribution in [0.4, 0.5) is 0 Å². The van der Waals surface area contributed by atoms with Crippen molar-refractivity contribution in [1.29, 1.82) is 0 Å². The Labute approximate surface area is 284 Å². The Morgan fingerprint density at radius 1 is 0.894 bits per heavy atom. The van der Waals surface area contributed by atoms with Gasteiger partial charge in [0, 0.05) is 0 Å². The Hall–Kier alpha value is -2.18. The van der Waals surface area contributed by atoms with E-state index in [1.54, 1.807) is 26.2 Å². The number of nitrogens with one attached hydrogen (secondary N) is 1. The van der Waals surface area contributed by atoms with E-state index in [9.17, 15) is 19.9 Å². The molecule has 0 saturated heterocycles. The van der Waals surface area contributed by atoms with Crippen molar-refractivity contribution in [2.24, 2.45) is 62.6 Å². The van der Waals surface area contributed by atoms with Crippen molar-refractivity contribution < 1.29 is 24.5 Å². The third-order valence-corrected chi connectivity index (χ3v) is 15.8. The van der Waals surface area contributed by atoms with Crippen molar-refractivity contribution in [2.45, 2.75) is 106 Å². The number of carbonyl (C=O) groups excluding carboxylic acids is 1. The second kappa shape index (κ2) is 11.4. The quantitative estimate of drug-likeness (QED) is 0.204. The fourth-order valence-corrected chi connectivity index (χ4v) is 13.3. The molecule has 5 aliphatic carbocycles. The van der Waals surface area contributed by atoms with E-state index >= 15 is 0 Å². The molecular formula is C41H63N2O4+. The summed E-state index contributed by atoms with van der Waals surface area (Å²) in [7, 11) is 3.53. The van der Waals surface area contributed by atoms with Crippen LogP contribution < -0.4 is 5.32 Å².